The second-order valence-electron chi connectivity index (χ2n) is 3.96. The van der Waals surface area contributed by atoms with E-state index in [0.717, 1.165) is 30.6 Å². The summed E-state index contributed by atoms with van der Waals surface area (Å²) in [5.74, 6) is 0. The van der Waals surface area contributed by atoms with Crippen LogP contribution in [-0.2, 0) is 13.0 Å². The van der Waals surface area contributed by atoms with Crippen LogP contribution in [0.2, 0.25) is 0 Å². The van der Waals surface area contributed by atoms with Crippen molar-refractivity contribution in [3.8, 4) is 0 Å². The minimum absolute atomic E-state index is 0.591. The third-order valence-electron chi connectivity index (χ3n) is 2.98. The van der Waals surface area contributed by atoms with Crippen molar-refractivity contribution >= 4 is 11.0 Å². The first-order valence-corrected chi connectivity index (χ1v) is 5.23. The van der Waals surface area contributed by atoms with Gasteiger partial charge in [0.15, 0.2) is 0 Å². The van der Waals surface area contributed by atoms with Crippen LogP contribution in [0.4, 0.5) is 0 Å². The molecular weight excluding hydrogens is 206 g/mol. The van der Waals surface area contributed by atoms with Gasteiger partial charge in [-0.3, -0.25) is 9.59 Å². The summed E-state index contributed by atoms with van der Waals surface area (Å²) in [5, 5.41) is 3.25. The van der Waals surface area contributed by atoms with Crippen molar-refractivity contribution in [2.45, 2.75) is 13.0 Å². The molecule has 0 bridgehead atoms. The summed E-state index contributed by atoms with van der Waals surface area (Å²) >= 11 is 0. The molecule has 16 heavy (non-hydrogen) atoms. The van der Waals surface area contributed by atoms with Gasteiger partial charge < -0.3 is 15.3 Å². The molecule has 0 amide bonds. The lowest BCUT2D eigenvalue weighted by molar-refractivity contribution is 0.646. The van der Waals surface area contributed by atoms with E-state index in [0.29, 0.717) is 5.52 Å². The van der Waals surface area contributed by atoms with Crippen LogP contribution in [0.3, 0.4) is 0 Å². The highest BCUT2D eigenvalue weighted by atomic mass is 16.2. The van der Waals surface area contributed by atoms with E-state index in [1.54, 1.807) is 0 Å². The molecule has 1 aliphatic heterocycles. The van der Waals surface area contributed by atoms with Gasteiger partial charge in [-0.05, 0) is 30.2 Å². The maximum Gasteiger partial charge on any atom is 0.314 e. The van der Waals surface area contributed by atoms with Crippen molar-refractivity contribution < 1.29 is 0 Å². The molecule has 3 N–H and O–H groups in total. The lowest BCUT2D eigenvalue weighted by atomic mass is 9.99. The molecule has 5 nitrogen and oxygen atoms in total. The van der Waals surface area contributed by atoms with Gasteiger partial charge in [0.2, 0.25) is 0 Å². The zero-order chi connectivity index (χ0) is 11.1. The number of hydrogen-bond donors (Lipinski definition) is 3. The van der Waals surface area contributed by atoms with Crippen LogP contribution in [0.25, 0.3) is 11.0 Å². The predicted octanol–water partition coefficient (Wildman–Crippen LogP) is -0.138. The van der Waals surface area contributed by atoms with Crippen LogP contribution >= 0.6 is 0 Å². The first kappa shape index (κ1) is 9.35. The third kappa shape index (κ3) is 1.29. The molecule has 0 aliphatic carbocycles. The van der Waals surface area contributed by atoms with E-state index in [1.807, 2.05) is 12.1 Å². The molecule has 0 radical (unpaired) electrons. The Morgan fingerprint density at radius 1 is 1.06 bits per heavy atom. The SMILES string of the molecule is O=c1[nH]c2ccc3c(c2[nH]c1=O)CNCC3. The molecule has 0 unspecified atom stereocenters. The summed E-state index contributed by atoms with van der Waals surface area (Å²) in [6.45, 7) is 1.68. The number of benzene rings is 1. The van der Waals surface area contributed by atoms with Crippen LogP contribution in [0.5, 0.6) is 0 Å². The summed E-state index contributed by atoms with van der Waals surface area (Å²) in [6, 6.07) is 3.85. The molecule has 82 valence electrons. The van der Waals surface area contributed by atoms with E-state index in [4.69, 9.17) is 0 Å². The molecule has 0 saturated heterocycles. The van der Waals surface area contributed by atoms with E-state index >= 15 is 0 Å². The Morgan fingerprint density at radius 3 is 2.75 bits per heavy atom. The number of aromatic nitrogens is 2. The zero-order valence-corrected chi connectivity index (χ0v) is 8.59. The summed E-state index contributed by atoms with van der Waals surface area (Å²) < 4.78 is 0. The van der Waals surface area contributed by atoms with E-state index in [1.165, 1.54) is 5.56 Å². The van der Waals surface area contributed by atoms with Gasteiger partial charge >= 0.3 is 11.1 Å². The van der Waals surface area contributed by atoms with E-state index in [9.17, 15) is 9.59 Å². The first-order chi connectivity index (χ1) is 7.75. The fraction of sp³-hybridized carbons (Fsp3) is 0.273. The highest BCUT2D eigenvalue weighted by Gasteiger charge is 2.13. The molecule has 2 aromatic rings. The summed E-state index contributed by atoms with van der Waals surface area (Å²) in [7, 11) is 0. The Labute approximate surface area is 90.5 Å². The monoisotopic (exact) mass is 217 g/mol. The lowest BCUT2D eigenvalue weighted by Crippen LogP contribution is -2.31. The van der Waals surface area contributed by atoms with Gasteiger partial charge in [-0.2, -0.15) is 0 Å². The Balaban J connectivity index is 2.43. The average molecular weight is 217 g/mol. The standard InChI is InChI=1S/C11H11N3O2/c15-10-11(16)14-9-7-5-12-4-3-6(7)1-2-8(9)13-10/h1-2,12H,3-5H2,(H,13,15)(H,14,16). The van der Waals surface area contributed by atoms with Crippen molar-refractivity contribution in [2.75, 3.05) is 6.54 Å². The van der Waals surface area contributed by atoms with E-state index < -0.39 is 11.1 Å². The maximum absolute atomic E-state index is 11.3. The normalized spacial score (nSPS) is 15.0. The van der Waals surface area contributed by atoms with Crippen molar-refractivity contribution in [2.24, 2.45) is 0 Å². The number of aromatic amines is 2. The Bertz CT molecular complexity index is 669. The second-order valence-corrected chi connectivity index (χ2v) is 3.96. The van der Waals surface area contributed by atoms with Crippen LogP contribution < -0.4 is 16.4 Å². The smallest absolute Gasteiger partial charge is 0.314 e. The topological polar surface area (TPSA) is 77.8 Å². The molecule has 0 fully saturated rings. The summed E-state index contributed by atoms with van der Waals surface area (Å²) in [5.41, 5.74) is 2.55. The number of hydrogen-bond acceptors (Lipinski definition) is 3. The van der Waals surface area contributed by atoms with Gasteiger partial charge in [0.1, 0.15) is 0 Å². The lowest BCUT2D eigenvalue weighted by Gasteiger charge is -2.18. The zero-order valence-electron chi connectivity index (χ0n) is 8.59. The molecule has 1 aromatic carbocycles. The number of fused-ring (bicyclic) bond motifs is 3. The predicted molar refractivity (Wildman–Crippen MR) is 60.6 cm³/mol. The van der Waals surface area contributed by atoms with Crippen LogP contribution in [0.15, 0.2) is 21.7 Å². The molecule has 5 heteroatoms. The number of H-pyrrole nitrogens is 2. The fourth-order valence-corrected chi connectivity index (χ4v) is 2.16. The number of rotatable bonds is 0. The molecular formula is C11H11N3O2. The van der Waals surface area contributed by atoms with Crippen LogP contribution in [0.1, 0.15) is 11.1 Å². The van der Waals surface area contributed by atoms with Crippen molar-refractivity contribution in [1.82, 2.24) is 15.3 Å². The third-order valence-corrected chi connectivity index (χ3v) is 2.98. The average Bonchev–Trinajstić information content (AvgIpc) is 2.31. The Morgan fingerprint density at radius 2 is 1.88 bits per heavy atom. The largest absolute Gasteiger partial charge is 0.316 e. The second kappa shape index (κ2) is 3.31. The Hall–Kier alpha value is -1.88. The maximum atomic E-state index is 11.3. The molecule has 0 atom stereocenters. The van der Waals surface area contributed by atoms with E-state index in [-0.39, 0.29) is 0 Å². The van der Waals surface area contributed by atoms with Gasteiger partial charge in [0, 0.05) is 6.54 Å². The van der Waals surface area contributed by atoms with Gasteiger partial charge in [-0.25, -0.2) is 0 Å². The molecule has 3 rings (SSSR count). The highest BCUT2D eigenvalue weighted by Crippen LogP contribution is 2.20. The van der Waals surface area contributed by atoms with Crippen molar-refractivity contribution in [3.63, 3.8) is 0 Å². The van der Waals surface area contributed by atoms with E-state index in [2.05, 4.69) is 15.3 Å². The molecule has 1 aromatic heterocycles. The summed E-state index contributed by atoms with van der Waals surface area (Å²) in [6.07, 6.45) is 0.951. The van der Waals surface area contributed by atoms with Gasteiger partial charge in [-0.15, -0.1) is 0 Å². The van der Waals surface area contributed by atoms with Crippen LogP contribution in [0, 0.1) is 0 Å². The molecule has 0 saturated carbocycles. The molecule has 0 spiro atoms. The molecule has 1 aliphatic rings. The minimum Gasteiger partial charge on any atom is -0.316 e. The number of nitrogens with one attached hydrogen (secondary N) is 3. The van der Waals surface area contributed by atoms with Gasteiger partial charge in [-0.1, -0.05) is 6.07 Å². The van der Waals surface area contributed by atoms with Crippen LogP contribution in [-0.4, -0.2) is 16.5 Å². The first-order valence-electron chi connectivity index (χ1n) is 5.23. The van der Waals surface area contributed by atoms with Crippen molar-refractivity contribution in [1.29, 1.82) is 0 Å². The molecule has 2 heterocycles. The van der Waals surface area contributed by atoms with Crippen molar-refractivity contribution in [3.05, 3.63) is 44.0 Å². The Kier molecular flexibility index (Phi) is 1.94. The highest BCUT2D eigenvalue weighted by molar-refractivity contribution is 5.79. The fourth-order valence-electron chi connectivity index (χ4n) is 2.16. The van der Waals surface area contributed by atoms with Gasteiger partial charge in [0.05, 0.1) is 11.0 Å². The summed E-state index contributed by atoms with van der Waals surface area (Å²) in [4.78, 5) is 27.7. The minimum atomic E-state index is -0.601. The van der Waals surface area contributed by atoms with Gasteiger partial charge in [0.25, 0.3) is 0 Å². The quantitative estimate of drug-likeness (QED) is 0.537.